The van der Waals surface area contributed by atoms with E-state index >= 15 is 0 Å². The van der Waals surface area contributed by atoms with Crippen LogP contribution in [-0.4, -0.2) is 18.4 Å². The zero-order valence-electron chi connectivity index (χ0n) is 12.8. The standard InChI is InChI=1S/C17H16Cl2N2O2/c1-11-6-3-4-9-15(11)21(12(2)22)10-16(23)20-14-8-5-7-13(18)17(14)19/h3-9H,10H2,1-2H3,(H,20,23). The number of rotatable bonds is 4. The second-order valence-electron chi connectivity index (χ2n) is 5.04. The molecule has 0 aromatic heterocycles. The molecule has 2 aromatic rings. The topological polar surface area (TPSA) is 49.4 Å². The van der Waals surface area contributed by atoms with E-state index in [2.05, 4.69) is 5.32 Å². The van der Waals surface area contributed by atoms with Crippen LogP contribution in [0.2, 0.25) is 10.0 Å². The van der Waals surface area contributed by atoms with Crippen molar-refractivity contribution >= 4 is 46.4 Å². The molecule has 6 heteroatoms. The minimum atomic E-state index is -0.354. The van der Waals surface area contributed by atoms with Crippen molar-refractivity contribution in [1.82, 2.24) is 0 Å². The number of halogens is 2. The summed E-state index contributed by atoms with van der Waals surface area (Å²) in [7, 11) is 0. The van der Waals surface area contributed by atoms with Gasteiger partial charge in [0.25, 0.3) is 0 Å². The fraction of sp³-hybridized carbons (Fsp3) is 0.176. The first-order valence-electron chi connectivity index (χ1n) is 6.97. The van der Waals surface area contributed by atoms with Crippen LogP contribution < -0.4 is 10.2 Å². The number of nitrogens with zero attached hydrogens (tertiary/aromatic N) is 1. The second-order valence-corrected chi connectivity index (χ2v) is 5.83. The molecule has 0 saturated heterocycles. The average molecular weight is 351 g/mol. The van der Waals surface area contributed by atoms with Gasteiger partial charge in [-0.15, -0.1) is 0 Å². The highest BCUT2D eigenvalue weighted by Gasteiger charge is 2.18. The van der Waals surface area contributed by atoms with E-state index in [1.165, 1.54) is 11.8 Å². The quantitative estimate of drug-likeness (QED) is 0.893. The number of benzene rings is 2. The van der Waals surface area contributed by atoms with E-state index in [9.17, 15) is 9.59 Å². The lowest BCUT2D eigenvalue weighted by Gasteiger charge is -2.22. The minimum Gasteiger partial charge on any atom is -0.323 e. The fourth-order valence-corrected chi connectivity index (χ4v) is 2.51. The lowest BCUT2D eigenvalue weighted by atomic mass is 10.2. The molecule has 0 heterocycles. The van der Waals surface area contributed by atoms with E-state index in [1.54, 1.807) is 24.3 Å². The molecule has 0 spiro atoms. The van der Waals surface area contributed by atoms with E-state index in [4.69, 9.17) is 23.2 Å². The highest BCUT2D eigenvalue weighted by Crippen LogP contribution is 2.29. The molecule has 0 bridgehead atoms. The van der Waals surface area contributed by atoms with Gasteiger partial charge in [-0.3, -0.25) is 9.59 Å². The van der Waals surface area contributed by atoms with Gasteiger partial charge in [-0.05, 0) is 30.7 Å². The normalized spacial score (nSPS) is 10.3. The summed E-state index contributed by atoms with van der Waals surface area (Å²) in [6, 6.07) is 12.4. The van der Waals surface area contributed by atoms with Crippen molar-refractivity contribution in [2.75, 3.05) is 16.8 Å². The van der Waals surface area contributed by atoms with Crippen molar-refractivity contribution < 1.29 is 9.59 Å². The van der Waals surface area contributed by atoms with Crippen LogP contribution in [0.1, 0.15) is 12.5 Å². The number of hydrogen-bond acceptors (Lipinski definition) is 2. The lowest BCUT2D eigenvalue weighted by Crippen LogP contribution is -2.37. The molecule has 23 heavy (non-hydrogen) atoms. The van der Waals surface area contributed by atoms with Crippen molar-refractivity contribution in [2.45, 2.75) is 13.8 Å². The van der Waals surface area contributed by atoms with Gasteiger partial charge in [0.05, 0.1) is 15.7 Å². The SMILES string of the molecule is CC(=O)N(CC(=O)Nc1cccc(Cl)c1Cl)c1ccccc1C. The Morgan fingerprint density at radius 1 is 1.09 bits per heavy atom. The number of carbonyl (C=O) groups is 2. The maximum Gasteiger partial charge on any atom is 0.244 e. The summed E-state index contributed by atoms with van der Waals surface area (Å²) in [6.45, 7) is 3.20. The Morgan fingerprint density at radius 2 is 1.78 bits per heavy atom. The van der Waals surface area contributed by atoms with Crippen LogP contribution >= 0.6 is 23.2 Å². The molecular weight excluding hydrogens is 335 g/mol. The van der Waals surface area contributed by atoms with E-state index in [0.717, 1.165) is 5.56 Å². The van der Waals surface area contributed by atoms with Gasteiger partial charge in [0.2, 0.25) is 11.8 Å². The van der Waals surface area contributed by atoms with Crippen molar-refractivity contribution in [3.05, 3.63) is 58.1 Å². The molecule has 0 aliphatic carbocycles. The number of carbonyl (C=O) groups excluding carboxylic acids is 2. The molecule has 0 fully saturated rings. The van der Waals surface area contributed by atoms with Crippen molar-refractivity contribution in [2.24, 2.45) is 0 Å². The van der Waals surface area contributed by atoms with Crippen LogP contribution in [0.5, 0.6) is 0 Å². The summed E-state index contributed by atoms with van der Waals surface area (Å²) in [6.07, 6.45) is 0. The van der Waals surface area contributed by atoms with Crippen LogP contribution in [0.15, 0.2) is 42.5 Å². The van der Waals surface area contributed by atoms with Crippen LogP contribution in [0.4, 0.5) is 11.4 Å². The molecule has 120 valence electrons. The van der Waals surface area contributed by atoms with E-state index in [-0.39, 0.29) is 23.4 Å². The number of hydrogen-bond donors (Lipinski definition) is 1. The van der Waals surface area contributed by atoms with Gasteiger partial charge < -0.3 is 10.2 Å². The van der Waals surface area contributed by atoms with E-state index in [1.807, 2.05) is 25.1 Å². The lowest BCUT2D eigenvalue weighted by molar-refractivity contribution is -0.120. The van der Waals surface area contributed by atoms with Gasteiger partial charge in [-0.1, -0.05) is 47.5 Å². The van der Waals surface area contributed by atoms with Crippen LogP contribution in [0.3, 0.4) is 0 Å². The molecule has 2 rings (SSSR count). The first kappa shape index (κ1) is 17.3. The molecule has 2 amide bonds. The van der Waals surface area contributed by atoms with Gasteiger partial charge in [0.15, 0.2) is 0 Å². The Morgan fingerprint density at radius 3 is 2.43 bits per heavy atom. The number of aryl methyl sites for hydroxylation is 1. The first-order chi connectivity index (χ1) is 10.9. The summed E-state index contributed by atoms with van der Waals surface area (Å²) in [4.78, 5) is 25.6. The van der Waals surface area contributed by atoms with Crippen molar-refractivity contribution in [1.29, 1.82) is 0 Å². The van der Waals surface area contributed by atoms with Gasteiger partial charge >= 0.3 is 0 Å². The average Bonchev–Trinajstić information content (AvgIpc) is 2.50. The molecule has 1 N–H and O–H groups in total. The zero-order valence-corrected chi connectivity index (χ0v) is 14.3. The Balaban J connectivity index is 2.18. The highest BCUT2D eigenvalue weighted by atomic mass is 35.5. The van der Waals surface area contributed by atoms with Crippen molar-refractivity contribution in [3.63, 3.8) is 0 Å². The van der Waals surface area contributed by atoms with Crippen molar-refractivity contribution in [3.8, 4) is 0 Å². The maximum absolute atomic E-state index is 12.3. The predicted molar refractivity (Wildman–Crippen MR) is 94.3 cm³/mol. The zero-order chi connectivity index (χ0) is 17.0. The second kappa shape index (κ2) is 7.49. The van der Waals surface area contributed by atoms with Gasteiger partial charge in [-0.25, -0.2) is 0 Å². The predicted octanol–water partition coefficient (Wildman–Crippen LogP) is 4.29. The van der Waals surface area contributed by atoms with Gasteiger partial charge in [-0.2, -0.15) is 0 Å². The summed E-state index contributed by atoms with van der Waals surface area (Å²) in [5.74, 6) is -0.570. The number of nitrogens with one attached hydrogen (secondary N) is 1. The summed E-state index contributed by atoms with van der Waals surface area (Å²) in [5, 5.41) is 3.30. The molecular formula is C17H16Cl2N2O2. The number of anilines is 2. The minimum absolute atomic E-state index is 0.108. The third-order valence-corrected chi connectivity index (χ3v) is 4.13. The highest BCUT2D eigenvalue weighted by molar-refractivity contribution is 6.44. The summed E-state index contributed by atoms with van der Waals surface area (Å²) < 4.78 is 0. The number of amides is 2. The third-order valence-electron chi connectivity index (χ3n) is 3.31. The van der Waals surface area contributed by atoms with Crippen LogP contribution in [-0.2, 0) is 9.59 Å². The molecule has 4 nitrogen and oxygen atoms in total. The molecule has 0 radical (unpaired) electrons. The summed E-state index contributed by atoms with van der Waals surface area (Å²) >= 11 is 12.0. The maximum atomic E-state index is 12.3. The fourth-order valence-electron chi connectivity index (χ4n) is 2.17. The Bertz CT molecular complexity index is 747. The first-order valence-corrected chi connectivity index (χ1v) is 7.73. The van der Waals surface area contributed by atoms with E-state index in [0.29, 0.717) is 16.4 Å². The summed E-state index contributed by atoms with van der Waals surface area (Å²) in [5.41, 5.74) is 2.03. The van der Waals surface area contributed by atoms with Crippen LogP contribution in [0.25, 0.3) is 0 Å². The van der Waals surface area contributed by atoms with Gasteiger partial charge in [0.1, 0.15) is 6.54 Å². The van der Waals surface area contributed by atoms with E-state index < -0.39 is 0 Å². The molecule has 0 atom stereocenters. The smallest absolute Gasteiger partial charge is 0.244 e. The Kier molecular flexibility index (Phi) is 5.64. The molecule has 0 aliphatic rings. The molecule has 0 unspecified atom stereocenters. The Labute approximate surface area is 145 Å². The molecule has 0 saturated carbocycles. The number of para-hydroxylation sites is 1. The molecule has 2 aromatic carbocycles. The van der Waals surface area contributed by atoms with Gasteiger partial charge in [0, 0.05) is 12.6 Å². The third kappa shape index (κ3) is 4.24. The largest absolute Gasteiger partial charge is 0.323 e. The molecule has 0 aliphatic heterocycles. The van der Waals surface area contributed by atoms with Crippen LogP contribution in [0, 0.1) is 6.92 Å². The monoisotopic (exact) mass is 350 g/mol. The Hall–Kier alpha value is -2.04.